The Labute approximate surface area is 144 Å². The van der Waals surface area contributed by atoms with E-state index in [-0.39, 0.29) is 5.41 Å². The van der Waals surface area contributed by atoms with Gasteiger partial charge >= 0.3 is 0 Å². The van der Waals surface area contributed by atoms with E-state index in [1.807, 2.05) is 28.9 Å². The molecule has 6 nitrogen and oxygen atoms in total. The Morgan fingerprint density at radius 3 is 2.58 bits per heavy atom. The van der Waals surface area contributed by atoms with Crippen molar-refractivity contribution in [3.8, 4) is 5.69 Å². The van der Waals surface area contributed by atoms with Gasteiger partial charge in [-0.3, -0.25) is 4.68 Å². The van der Waals surface area contributed by atoms with Gasteiger partial charge in [-0.2, -0.15) is 10.2 Å². The maximum absolute atomic E-state index is 5.43. The first-order chi connectivity index (χ1) is 11.5. The molecule has 6 heteroatoms. The third-order valence-corrected chi connectivity index (χ3v) is 4.75. The molecule has 2 aromatic rings. The largest absolute Gasteiger partial charge is 0.381 e. The van der Waals surface area contributed by atoms with Gasteiger partial charge in [0, 0.05) is 38.4 Å². The molecule has 0 aliphatic carbocycles. The summed E-state index contributed by atoms with van der Waals surface area (Å²) in [4.78, 5) is 2.49. The van der Waals surface area contributed by atoms with Crippen molar-refractivity contribution in [2.24, 2.45) is 0 Å². The summed E-state index contributed by atoms with van der Waals surface area (Å²) in [5.41, 5.74) is 2.18. The number of methoxy groups -OCH3 is 1. The highest BCUT2D eigenvalue weighted by Crippen LogP contribution is 2.20. The van der Waals surface area contributed by atoms with Gasteiger partial charge in [0.15, 0.2) is 0 Å². The fourth-order valence-electron chi connectivity index (χ4n) is 3.07. The van der Waals surface area contributed by atoms with E-state index < -0.39 is 0 Å². The van der Waals surface area contributed by atoms with Crippen molar-refractivity contribution in [1.29, 1.82) is 0 Å². The van der Waals surface area contributed by atoms with Crippen LogP contribution in [0.5, 0.6) is 0 Å². The highest BCUT2D eigenvalue weighted by Gasteiger charge is 2.19. The fraction of sp³-hybridized carbons (Fsp3) is 0.667. The molecule has 0 unspecified atom stereocenters. The molecular formula is C18H29N5O. The number of nitrogens with zero attached hydrogens (tertiary/aromatic N) is 5. The van der Waals surface area contributed by atoms with Crippen LogP contribution in [0.25, 0.3) is 5.69 Å². The molecule has 0 atom stereocenters. The Morgan fingerprint density at radius 2 is 1.96 bits per heavy atom. The smallest absolute Gasteiger partial charge is 0.102 e. The van der Waals surface area contributed by atoms with Gasteiger partial charge in [0.25, 0.3) is 0 Å². The second-order valence-corrected chi connectivity index (χ2v) is 7.63. The molecule has 24 heavy (non-hydrogen) atoms. The first-order valence-corrected chi connectivity index (χ1v) is 8.80. The fourth-order valence-corrected chi connectivity index (χ4v) is 3.07. The molecule has 1 aliphatic rings. The van der Waals surface area contributed by atoms with Crippen molar-refractivity contribution in [1.82, 2.24) is 24.5 Å². The Kier molecular flexibility index (Phi) is 5.06. The minimum atomic E-state index is 0.0650. The standard InChI is InChI=1S/C18H29N5O/c1-18(2,3)17-7-10-23(20-17)15-13-19-22(14-15)12-11-21-8-5-16(24-4)6-9-21/h7,10,13-14,16H,5-6,8-9,11-12H2,1-4H3. The summed E-state index contributed by atoms with van der Waals surface area (Å²) in [5, 5.41) is 9.16. The average molecular weight is 331 g/mol. The van der Waals surface area contributed by atoms with Gasteiger partial charge in [0.1, 0.15) is 5.69 Å². The zero-order valence-electron chi connectivity index (χ0n) is 15.3. The predicted octanol–water partition coefficient (Wildman–Crippen LogP) is 2.48. The SMILES string of the molecule is COC1CCN(CCn2cc(-n3ccc(C(C)(C)C)n3)cn2)CC1. The molecule has 0 N–H and O–H groups in total. The highest BCUT2D eigenvalue weighted by atomic mass is 16.5. The van der Waals surface area contributed by atoms with Crippen LogP contribution in [-0.2, 0) is 16.7 Å². The molecule has 3 heterocycles. The molecule has 1 aliphatic heterocycles. The summed E-state index contributed by atoms with van der Waals surface area (Å²) in [6.45, 7) is 10.7. The van der Waals surface area contributed by atoms with Crippen LogP contribution in [0.4, 0.5) is 0 Å². The van der Waals surface area contributed by atoms with Crippen molar-refractivity contribution < 1.29 is 4.74 Å². The van der Waals surface area contributed by atoms with Gasteiger partial charge in [-0.25, -0.2) is 4.68 Å². The molecule has 0 amide bonds. The van der Waals surface area contributed by atoms with Gasteiger partial charge in [-0.1, -0.05) is 20.8 Å². The van der Waals surface area contributed by atoms with E-state index in [0.717, 1.165) is 50.4 Å². The van der Waals surface area contributed by atoms with E-state index in [1.54, 1.807) is 0 Å². The van der Waals surface area contributed by atoms with Crippen molar-refractivity contribution in [3.05, 3.63) is 30.4 Å². The number of aromatic nitrogens is 4. The van der Waals surface area contributed by atoms with Gasteiger partial charge in [-0.15, -0.1) is 0 Å². The Balaban J connectivity index is 1.55. The molecule has 0 bridgehead atoms. The van der Waals surface area contributed by atoms with E-state index in [4.69, 9.17) is 4.74 Å². The second-order valence-electron chi connectivity index (χ2n) is 7.63. The van der Waals surface area contributed by atoms with Crippen molar-refractivity contribution in [3.63, 3.8) is 0 Å². The van der Waals surface area contributed by atoms with Gasteiger partial charge < -0.3 is 9.64 Å². The normalized spacial score (nSPS) is 17.5. The topological polar surface area (TPSA) is 48.1 Å². The van der Waals surface area contributed by atoms with Gasteiger partial charge in [0.2, 0.25) is 0 Å². The summed E-state index contributed by atoms with van der Waals surface area (Å²) in [6.07, 6.45) is 8.66. The van der Waals surface area contributed by atoms with Crippen LogP contribution in [0.2, 0.25) is 0 Å². The minimum absolute atomic E-state index is 0.0650. The Morgan fingerprint density at radius 1 is 1.21 bits per heavy atom. The van der Waals surface area contributed by atoms with Crippen LogP contribution in [0, 0.1) is 0 Å². The molecule has 0 saturated carbocycles. The molecule has 3 rings (SSSR count). The van der Waals surface area contributed by atoms with Crippen LogP contribution in [0.3, 0.4) is 0 Å². The number of ether oxygens (including phenoxy) is 1. The maximum atomic E-state index is 5.43. The first-order valence-electron chi connectivity index (χ1n) is 8.80. The Bertz CT molecular complexity index is 646. The average Bonchev–Trinajstić information content (AvgIpc) is 3.22. The van der Waals surface area contributed by atoms with Crippen molar-refractivity contribution in [2.75, 3.05) is 26.7 Å². The molecule has 0 aromatic carbocycles. The second kappa shape index (κ2) is 7.07. The predicted molar refractivity (Wildman–Crippen MR) is 94.5 cm³/mol. The lowest BCUT2D eigenvalue weighted by Crippen LogP contribution is -2.38. The van der Waals surface area contributed by atoms with Crippen molar-refractivity contribution >= 4 is 0 Å². The first kappa shape index (κ1) is 17.2. The molecular weight excluding hydrogens is 302 g/mol. The van der Waals surface area contributed by atoms with Gasteiger partial charge in [-0.05, 0) is 18.9 Å². The number of hydrogen-bond acceptors (Lipinski definition) is 4. The zero-order chi connectivity index (χ0) is 17.2. The number of piperidine rings is 1. The molecule has 0 spiro atoms. The lowest BCUT2D eigenvalue weighted by Gasteiger charge is -2.30. The number of likely N-dealkylation sites (tertiary alicyclic amines) is 1. The molecule has 0 radical (unpaired) electrons. The zero-order valence-corrected chi connectivity index (χ0v) is 15.3. The van der Waals surface area contributed by atoms with Gasteiger partial charge in [0.05, 0.1) is 30.7 Å². The third kappa shape index (κ3) is 4.05. The Hall–Kier alpha value is -1.66. The molecule has 1 fully saturated rings. The van der Waals surface area contributed by atoms with Crippen molar-refractivity contribution in [2.45, 2.75) is 51.7 Å². The summed E-state index contributed by atoms with van der Waals surface area (Å²) in [7, 11) is 1.81. The lowest BCUT2D eigenvalue weighted by molar-refractivity contribution is 0.0400. The van der Waals surface area contributed by atoms with E-state index in [0.29, 0.717) is 6.10 Å². The van der Waals surface area contributed by atoms with E-state index in [9.17, 15) is 0 Å². The van der Waals surface area contributed by atoms with E-state index in [1.165, 1.54) is 0 Å². The van der Waals surface area contributed by atoms with Crippen LogP contribution >= 0.6 is 0 Å². The molecule has 1 saturated heterocycles. The van der Waals surface area contributed by atoms with E-state index >= 15 is 0 Å². The monoisotopic (exact) mass is 331 g/mol. The summed E-state index contributed by atoms with van der Waals surface area (Å²) >= 11 is 0. The molecule has 132 valence electrons. The lowest BCUT2D eigenvalue weighted by atomic mass is 9.93. The van der Waals surface area contributed by atoms with Crippen LogP contribution < -0.4 is 0 Å². The van der Waals surface area contributed by atoms with E-state index in [2.05, 4.69) is 48.1 Å². The van der Waals surface area contributed by atoms with Crippen LogP contribution in [0.15, 0.2) is 24.7 Å². The van der Waals surface area contributed by atoms with Crippen LogP contribution in [-0.4, -0.2) is 57.3 Å². The highest BCUT2D eigenvalue weighted by molar-refractivity contribution is 5.26. The summed E-state index contributed by atoms with van der Waals surface area (Å²) in [6, 6.07) is 2.08. The molecule has 2 aromatic heterocycles. The third-order valence-electron chi connectivity index (χ3n) is 4.75. The van der Waals surface area contributed by atoms with Crippen LogP contribution in [0.1, 0.15) is 39.3 Å². The summed E-state index contributed by atoms with van der Waals surface area (Å²) < 4.78 is 9.35. The minimum Gasteiger partial charge on any atom is -0.381 e. The number of rotatable bonds is 5. The maximum Gasteiger partial charge on any atom is 0.102 e. The quantitative estimate of drug-likeness (QED) is 0.844. The summed E-state index contributed by atoms with van der Waals surface area (Å²) in [5.74, 6) is 0. The number of hydrogen-bond donors (Lipinski definition) is 0.